The predicted molar refractivity (Wildman–Crippen MR) is 159 cm³/mol. The second-order valence-electron chi connectivity index (χ2n) is 13.4. The van der Waals surface area contributed by atoms with Gasteiger partial charge in [0.1, 0.15) is 0 Å². The summed E-state index contributed by atoms with van der Waals surface area (Å²) in [7, 11) is 0. The average Bonchev–Trinajstić information content (AvgIpc) is 2.81. The van der Waals surface area contributed by atoms with Gasteiger partial charge in [0.2, 0.25) is 0 Å². The van der Waals surface area contributed by atoms with Crippen LogP contribution in [0.4, 0.5) is 0 Å². The minimum Gasteiger partial charge on any atom is -0.874 e. The summed E-state index contributed by atoms with van der Waals surface area (Å²) in [5, 5.41) is 14.4. The summed E-state index contributed by atoms with van der Waals surface area (Å²) in [4.78, 5) is 44.2. The predicted octanol–water partition coefficient (Wildman–Crippen LogP) is 4.80. The largest absolute Gasteiger partial charge is 1.00 e. The summed E-state index contributed by atoms with van der Waals surface area (Å²) >= 11 is 0. The minimum absolute atomic E-state index is 0. The molecule has 1 fully saturated rings. The van der Waals surface area contributed by atoms with Crippen molar-refractivity contribution in [3.63, 3.8) is 0 Å². The van der Waals surface area contributed by atoms with E-state index in [1.54, 1.807) is 13.8 Å². The number of hydrogen-bond donors (Lipinski definition) is 0. The van der Waals surface area contributed by atoms with Crippen LogP contribution < -0.4 is 34.7 Å². The van der Waals surface area contributed by atoms with Gasteiger partial charge in [-0.3, -0.25) is 14.4 Å². The van der Waals surface area contributed by atoms with Crippen LogP contribution in [-0.4, -0.2) is 17.3 Å². The first-order chi connectivity index (χ1) is 18.0. The van der Waals surface area contributed by atoms with Crippen LogP contribution in [0.5, 0.6) is 0 Å². The molecule has 0 heterocycles. The van der Waals surface area contributed by atoms with E-state index in [0.29, 0.717) is 25.7 Å². The monoisotopic (exact) mass is 558 g/mol. The van der Waals surface area contributed by atoms with Crippen molar-refractivity contribution in [2.75, 3.05) is 0 Å². The molecule has 2 rings (SSSR count). The molecule has 4 nitrogen and oxygen atoms in total. The first-order valence-electron chi connectivity index (χ1n) is 14.6. The van der Waals surface area contributed by atoms with Gasteiger partial charge >= 0.3 is 29.6 Å². The molecule has 2 aliphatic carbocycles. The zero-order chi connectivity index (χ0) is 29.9. The Morgan fingerprint density at radius 3 is 1.90 bits per heavy atom. The molecular weight excluding hydrogens is 507 g/mol. The molecule has 0 aromatic heterocycles. The number of carbonyl (C=O) groups is 3. The Morgan fingerprint density at radius 1 is 0.900 bits per heavy atom. The fraction of sp³-hybridized carbons (Fsp3) is 0.629. The SMILES string of the molecule is CC(C)=CCCC1(C)C(CC=C(C)C)CC2(CC=C(C)C)C(=O)C1(C(=O)C(C)C)C(=O)C(CC=C(C)C)=C2[O-].[Na+]. The number of fused-ring (bicyclic) bond motifs is 2. The van der Waals surface area contributed by atoms with E-state index in [9.17, 15) is 19.5 Å². The summed E-state index contributed by atoms with van der Waals surface area (Å²) in [6.45, 7) is 21.4. The van der Waals surface area contributed by atoms with E-state index in [0.717, 1.165) is 22.3 Å². The Bertz CT molecular complexity index is 1150. The van der Waals surface area contributed by atoms with Crippen LogP contribution in [0, 0.1) is 28.1 Å². The molecule has 4 unspecified atom stereocenters. The maximum atomic E-state index is 15.0. The summed E-state index contributed by atoms with van der Waals surface area (Å²) in [6.07, 6.45) is 10.6. The number of Topliss-reactive ketones (excluding diaryl/α,β-unsaturated/α-hetero) is 3. The van der Waals surface area contributed by atoms with Crippen molar-refractivity contribution >= 4 is 17.3 Å². The number of ketones is 3. The molecule has 0 aromatic rings. The van der Waals surface area contributed by atoms with Crippen molar-refractivity contribution in [3.8, 4) is 0 Å². The van der Waals surface area contributed by atoms with E-state index < -0.39 is 33.7 Å². The van der Waals surface area contributed by atoms with Crippen molar-refractivity contribution in [1.29, 1.82) is 0 Å². The molecule has 0 aromatic carbocycles. The molecule has 216 valence electrons. The maximum Gasteiger partial charge on any atom is 1.00 e. The normalized spacial score (nSPS) is 27.6. The third-order valence-electron chi connectivity index (χ3n) is 8.95. The molecule has 2 aliphatic rings. The Morgan fingerprint density at radius 2 is 1.43 bits per heavy atom. The van der Waals surface area contributed by atoms with Crippen molar-refractivity contribution in [3.05, 3.63) is 57.9 Å². The molecule has 40 heavy (non-hydrogen) atoms. The van der Waals surface area contributed by atoms with Gasteiger partial charge in [-0.05, 0) is 111 Å². The van der Waals surface area contributed by atoms with Crippen LogP contribution in [0.15, 0.2) is 57.9 Å². The van der Waals surface area contributed by atoms with E-state index in [-0.39, 0.29) is 65.4 Å². The van der Waals surface area contributed by atoms with Gasteiger partial charge in [0, 0.05) is 11.3 Å². The third kappa shape index (κ3) is 6.60. The zero-order valence-electron chi connectivity index (χ0n) is 27.3. The third-order valence-corrected chi connectivity index (χ3v) is 8.95. The molecule has 0 radical (unpaired) electrons. The van der Waals surface area contributed by atoms with E-state index in [2.05, 4.69) is 12.2 Å². The van der Waals surface area contributed by atoms with E-state index in [1.165, 1.54) is 0 Å². The second-order valence-corrected chi connectivity index (χ2v) is 13.4. The van der Waals surface area contributed by atoms with Crippen LogP contribution in [0.3, 0.4) is 0 Å². The van der Waals surface area contributed by atoms with Gasteiger partial charge in [0.15, 0.2) is 22.8 Å². The molecule has 4 atom stereocenters. The van der Waals surface area contributed by atoms with Crippen molar-refractivity contribution in [2.45, 2.75) is 115 Å². The number of hydrogen-bond acceptors (Lipinski definition) is 4. The molecule has 2 bridgehead atoms. The Labute approximate surface area is 265 Å². The Balaban J connectivity index is 0.00000800. The molecule has 0 aliphatic heterocycles. The van der Waals surface area contributed by atoms with E-state index in [4.69, 9.17) is 0 Å². The van der Waals surface area contributed by atoms with Crippen molar-refractivity contribution < 1.29 is 49.0 Å². The molecule has 1 saturated carbocycles. The fourth-order valence-electron chi connectivity index (χ4n) is 6.69. The smallest absolute Gasteiger partial charge is 0.874 e. The summed E-state index contributed by atoms with van der Waals surface area (Å²) in [5.74, 6) is -2.39. The molecule has 0 saturated heterocycles. The Kier molecular flexibility index (Phi) is 12.9. The van der Waals surface area contributed by atoms with E-state index in [1.807, 2.05) is 74.5 Å². The van der Waals surface area contributed by atoms with Crippen LogP contribution in [0.2, 0.25) is 0 Å². The average molecular weight is 559 g/mol. The first kappa shape index (κ1) is 36.5. The Hall–Kier alpha value is -1.49. The molecule has 0 N–H and O–H groups in total. The summed E-state index contributed by atoms with van der Waals surface area (Å²) in [5.41, 5.74) is 0.212. The van der Waals surface area contributed by atoms with Crippen LogP contribution in [-0.2, 0) is 14.4 Å². The number of carbonyl (C=O) groups excluding carboxylic acids is 3. The first-order valence-corrected chi connectivity index (χ1v) is 14.6. The van der Waals surface area contributed by atoms with Crippen LogP contribution >= 0.6 is 0 Å². The van der Waals surface area contributed by atoms with Crippen LogP contribution in [0.1, 0.15) is 115 Å². The number of allylic oxidation sites excluding steroid dienone is 10. The standard InChI is InChI=1S/C35H52O4.Na/c1-22(2)13-12-19-33(11)27(16-14-23(3)4)21-34(20-18-25(7)8)30(37)28(17-15-24(5)6)31(38)35(33,32(34)39)29(36)26(9)10;/h13-15,18,26-27,37H,12,16-17,19-21H2,1-11H3;/q;+1/p-1. The molecule has 5 heteroatoms. The van der Waals surface area contributed by atoms with Crippen molar-refractivity contribution in [2.24, 2.45) is 28.1 Å². The summed E-state index contributed by atoms with van der Waals surface area (Å²) < 4.78 is 0. The topological polar surface area (TPSA) is 74.3 Å². The molecular formula is C35H51NaO4. The minimum atomic E-state index is -1.87. The second kappa shape index (κ2) is 14.1. The van der Waals surface area contributed by atoms with Crippen molar-refractivity contribution in [1.82, 2.24) is 0 Å². The van der Waals surface area contributed by atoms with Gasteiger partial charge in [-0.2, -0.15) is 0 Å². The zero-order valence-corrected chi connectivity index (χ0v) is 29.3. The van der Waals surface area contributed by atoms with Gasteiger partial charge in [-0.1, -0.05) is 67.4 Å². The number of rotatable bonds is 11. The van der Waals surface area contributed by atoms with Gasteiger partial charge in [0.25, 0.3) is 0 Å². The van der Waals surface area contributed by atoms with Gasteiger partial charge < -0.3 is 5.11 Å². The quantitative estimate of drug-likeness (QED) is 0.208. The van der Waals surface area contributed by atoms with Crippen LogP contribution in [0.25, 0.3) is 0 Å². The molecule has 0 spiro atoms. The molecule has 0 amide bonds. The fourth-order valence-corrected chi connectivity index (χ4v) is 6.69. The summed E-state index contributed by atoms with van der Waals surface area (Å²) in [6, 6.07) is 0. The maximum absolute atomic E-state index is 15.0. The van der Waals surface area contributed by atoms with Gasteiger partial charge in [0.05, 0.1) is 0 Å². The van der Waals surface area contributed by atoms with E-state index >= 15 is 0 Å². The van der Waals surface area contributed by atoms with Gasteiger partial charge in [-0.15, -0.1) is 5.76 Å². The van der Waals surface area contributed by atoms with Gasteiger partial charge in [-0.25, -0.2) is 0 Å².